The molecule has 0 unspecified atom stereocenters. The fraction of sp³-hybridized carbons (Fsp3) is 0.125. The third-order valence-corrected chi connectivity index (χ3v) is 2.21. The second kappa shape index (κ2) is 3.71. The van der Waals surface area contributed by atoms with Gasteiger partial charge in [-0.15, -0.1) is 0 Å². The Hall–Kier alpha value is -1.14. The fourth-order valence-corrected chi connectivity index (χ4v) is 1.57. The first kappa shape index (κ1) is 9.94. The first-order valence-corrected chi connectivity index (χ1v) is 5.24. The molecule has 0 aliphatic carbocycles. The van der Waals surface area contributed by atoms with Crippen LogP contribution >= 0.6 is 7.60 Å². The van der Waals surface area contributed by atoms with Crippen LogP contribution < -0.4 is 9.79 Å². The average molecular weight is 195 g/mol. The summed E-state index contributed by atoms with van der Waals surface area (Å²) >= 11 is 0. The predicted octanol–water partition coefficient (Wildman–Crippen LogP) is -0.0280. The van der Waals surface area contributed by atoms with Gasteiger partial charge in [0.25, 0.3) is 0 Å². The van der Waals surface area contributed by atoms with Crippen molar-refractivity contribution in [3.8, 4) is 6.07 Å². The van der Waals surface area contributed by atoms with Crippen LogP contribution in [0.15, 0.2) is 24.3 Å². The van der Waals surface area contributed by atoms with Gasteiger partial charge in [-0.1, -0.05) is 19.7 Å². The van der Waals surface area contributed by atoms with Crippen LogP contribution in [-0.2, 0) is 10.7 Å². The Morgan fingerprint density at radius 1 is 1.31 bits per heavy atom. The van der Waals surface area contributed by atoms with Crippen molar-refractivity contribution in [2.45, 2.75) is 6.16 Å². The minimum Gasteiger partial charge on any atom is -0.810 e. The molecule has 0 saturated carbocycles. The molecule has 0 spiro atoms. The van der Waals surface area contributed by atoms with Gasteiger partial charge in [-0.05, 0) is 17.7 Å². The van der Waals surface area contributed by atoms with Gasteiger partial charge in [-0.3, -0.25) is 0 Å². The van der Waals surface area contributed by atoms with Gasteiger partial charge in [-0.25, -0.2) is 0 Å². The van der Waals surface area contributed by atoms with Gasteiger partial charge in [-0.2, -0.15) is 5.26 Å². The van der Waals surface area contributed by atoms with Crippen LogP contribution in [0.25, 0.3) is 0 Å². The van der Waals surface area contributed by atoms with Crippen molar-refractivity contribution in [1.29, 1.82) is 5.26 Å². The molecule has 0 fully saturated rings. The van der Waals surface area contributed by atoms with Gasteiger partial charge in [0.15, 0.2) is 0 Å². The standard InChI is InChI=1S/C8H8NO3P/c9-5-7-1-3-8(4-2-7)6-13(10,11)12/h1-4H,6H2,(H2,10,11,12)/p-2. The molecule has 1 rings (SSSR count). The molecular weight excluding hydrogens is 189 g/mol. The minimum atomic E-state index is -4.49. The van der Waals surface area contributed by atoms with Gasteiger partial charge >= 0.3 is 0 Å². The monoisotopic (exact) mass is 195 g/mol. The molecule has 4 nitrogen and oxygen atoms in total. The molecule has 0 bridgehead atoms. The van der Waals surface area contributed by atoms with E-state index in [1.165, 1.54) is 24.3 Å². The highest BCUT2D eigenvalue weighted by Crippen LogP contribution is 2.29. The zero-order chi connectivity index (χ0) is 9.90. The zero-order valence-electron chi connectivity index (χ0n) is 6.64. The molecule has 0 N–H and O–H groups in total. The maximum atomic E-state index is 10.4. The Labute approximate surface area is 75.6 Å². The molecule has 1 aromatic carbocycles. The quantitative estimate of drug-likeness (QED) is 0.620. The summed E-state index contributed by atoms with van der Waals surface area (Å²) in [6.07, 6.45) is -0.501. The van der Waals surface area contributed by atoms with Crippen LogP contribution in [0.1, 0.15) is 11.1 Å². The SMILES string of the molecule is N#Cc1ccc(CP(=O)([O-])[O-])cc1. The van der Waals surface area contributed by atoms with Crippen molar-refractivity contribution in [2.24, 2.45) is 0 Å². The number of hydrogen-bond donors (Lipinski definition) is 0. The number of nitrogens with zero attached hydrogens (tertiary/aromatic N) is 1. The Bertz CT molecular complexity index is 373. The summed E-state index contributed by atoms with van der Waals surface area (Å²) in [6.45, 7) is 0. The Kier molecular flexibility index (Phi) is 2.84. The van der Waals surface area contributed by atoms with Crippen molar-refractivity contribution in [3.63, 3.8) is 0 Å². The summed E-state index contributed by atoms with van der Waals surface area (Å²) in [4.78, 5) is 20.7. The first-order chi connectivity index (χ1) is 6.01. The van der Waals surface area contributed by atoms with Crippen LogP contribution in [0, 0.1) is 11.3 Å². The molecule has 0 aromatic heterocycles. The topological polar surface area (TPSA) is 87.0 Å². The number of rotatable bonds is 2. The highest BCUT2D eigenvalue weighted by molar-refractivity contribution is 7.47. The minimum absolute atomic E-state index is 0.410. The normalized spacial score (nSPS) is 10.8. The average Bonchev–Trinajstić information content (AvgIpc) is 2.03. The van der Waals surface area contributed by atoms with E-state index in [9.17, 15) is 14.4 Å². The molecule has 0 aliphatic rings. The molecule has 68 valence electrons. The lowest BCUT2D eigenvalue weighted by atomic mass is 10.2. The number of benzene rings is 1. The van der Waals surface area contributed by atoms with Crippen molar-refractivity contribution >= 4 is 7.60 Å². The van der Waals surface area contributed by atoms with E-state index >= 15 is 0 Å². The molecule has 0 atom stereocenters. The second-order valence-electron chi connectivity index (χ2n) is 2.58. The van der Waals surface area contributed by atoms with Crippen molar-refractivity contribution < 1.29 is 14.4 Å². The van der Waals surface area contributed by atoms with E-state index < -0.39 is 13.8 Å². The van der Waals surface area contributed by atoms with Gasteiger partial charge in [0.1, 0.15) is 0 Å². The molecule has 1 aromatic rings. The Morgan fingerprint density at radius 2 is 1.85 bits per heavy atom. The van der Waals surface area contributed by atoms with Gasteiger partial charge in [0.05, 0.1) is 11.6 Å². The summed E-state index contributed by atoms with van der Waals surface area (Å²) in [7, 11) is -4.49. The van der Waals surface area contributed by atoms with Crippen LogP contribution in [0.4, 0.5) is 0 Å². The maximum absolute atomic E-state index is 10.4. The summed E-state index contributed by atoms with van der Waals surface area (Å²) in [6, 6.07) is 7.76. The predicted molar refractivity (Wildman–Crippen MR) is 42.5 cm³/mol. The van der Waals surface area contributed by atoms with E-state index in [1.807, 2.05) is 6.07 Å². The van der Waals surface area contributed by atoms with Gasteiger partial charge in [0.2, 0.25) is 0 Å². The summed E-state index contributed by atoms with van der Waals surface area (Å²) < 4.78 is 10.4. The van der Waals surface area contributed by atoms with E-state index in [0.29, 0.717) is 11.1 Å². The number of nitriles is 1. The van der Waals surface area contributed by atoms with E-state index in [2.05, 4.69) is 0 Å². The summed E-state index contributed by atoms with van der Waals surface area (Å²) in [5.41, 5.74) is 0.850. The van der Waals surface area contributed by atoms with E-state index in [4.69, 9.17) is 5.26 Å². The van der Waals surface area contributed by atoms with E-state index in [1.54, 1.807) is 0 Å². The molecule has 13 heavy (non-hydrogen) atoms. The lowest BCUT2D eigenvalue weighted by molar-refractivity contribution is -0.314. The summed E-state index contributed by atoms with van der Waals surface area (Å²) in [5.74, 6) is 0. The smallest absolute Gasteiger partial charge is 0.0991 e. The summed E-state index contributed by atoms with van der Waals surface area (Å²) in [5, 5.41) is 8.43. The van der Waals surface area contributed by atoms with E-state index in [0.717, 1.165) is 0 Å². The molecule has 0 amide bonds. The lowest BCUT2D eigenvalue weighted by Crippen LogP contribution is -2.15. The molecular formula is C8H6NO3P-2. The largest absolute Gasteiger partial charge is 0.810 e. The van der Waals surface area contributed by atoms with Crippen molar-refractivity contribution in [2.75, 3.05) is 0 Å². The molecule has 5 heteroatoms. The lowest BCUT2D eigenvalue weighted by Gasteiger charge is -2.29. The molecule has 0 aliphatic heterocycles. The van der Waals surface area contributed by atoms with Crippen LogP contribution in [-0.4, -0.2) is 0 Å². The maximum Gasteiger partial charge on any atom is 0.0991 e. The Morgan fingerprint density at radius 3 is 2.23 bits per heavy atom. The van der Waals surface area contributed by atoms with Crippen LogP contribution in [0.5, 0.6) is 0 Å². The van der Waals surface area contributed by atoms with Crippen LogP contribution in [0.3, 0.4) is 0 Å². The van der Waals surface area contributed by atoms with Gasteiger partial charge < -0.3 is 14.4 Å². The highest BCUT2D eigenvalue weighted by Gasteiger charge is 1.96. The van der Waals surface area contributed by atoms with Crippen molar-refractivity contribution in [3.05, 3.63) is 35.4 Å². The van der Waals surface area contributed by atoms with Gasteiger partial charge in [0, 0.05) is 6.16 Å². The molecule has 0 saturated heterocycles. The fourth-order valence-electron chi connectivity index (χ4n) is 0.908. The third-order valence-electron chi connectivity index (χ3n) is 1.46. The zero-order valence-corrected chi connectivity index (χ0v) is 7.53. The third kappa shape index (κ3) is 3.39. The van der Waals surface area contributed by atoms with Crippen LogP contribution in [0.2, 0.25) is 0 Å². The Balaban J connectivity index is 2.83. The first-order valence-electron chi connectivity index (χ1n) is 3.51. The number of hydrogen-bond acceptors (Lipinski definition) is 4. The van der Waals surface area contributed by atoms with E-state index in [-0.39, 0.29) is 0 Å². The second-order valence-corrected chi connectivity index (χ2v) is 4.12. The highest BCUT2D eigenvalue weighted by atomic mass is 31.2. The van der Waals surface area contributed by atoms with Crippen molar-refractivity contribution in [1.82, 2.24) is 0 Å². The molecule has 0 radical (unpaired) electrons. The molecule has 0 heterocycles.